The number of oxazole rings is 1. The van der Waals surface area contributed by atoms with Gasteiger partial charge in [-0.1, -0.05) is 23.2 Å². The van der Waals surface area contributed by atoms with Crippen molar-refractivity contribution in [3.8, 4) is 11.5 Å². The fourth-order valence-electron chi connectivity index (χ4n) is 3.05. The van der Waals surface area contributed by atoms with E-state index in [0.29, 0.717) is 28.8 Å². The average Bonchev–Trinajstić information content (AvgIpc) is 3.37. The predicted octanol–water partition coefficient (Wildman–Crippen LogP) is 5.07. The van der Waals surface area contributed by atoms with E-state index in [1.807, 2.05) is 0 Å². The molecule has 2 heterocycles. The van der Waals surface area contributed by atoms with Gasteiger partial charge in [0.2, 0.25) is 26.6 Å². The molecule has 0 radical (unpaired) electrons. The number of nitrogens with one attached hydrogen (secondary N) is 1. The SMILES string of the molecule is O=S(=O)(c1ccc(Cl)cc1)c1nc(-c2ccc(Cl)cc2)oc1NCC1CCCO1. The minimum atomic E-state index is -3.92. The molecule has 1 aromatic heterocycles. The van der Waals surface area contributed by atoms with Crippen LogP contribution in [0.5, 0.6) is 0 Å². The van der Waals surface area contributed by atoms with Crippen molar-refractivity contribution in [3.05, 3.63) is 58.6 Å². The summed E-state index contributed by atoms with van der Waals surface area (Å²) in [5.41, 5.74) is 0.618. The molecule has 1 aliphatic heterocycles. The highest BCUT2D eigenvalue weighted by Gasteiger charge is 2.29. The molecule has 1 N–H and O–H groups in total. The van der Waals surface area contributed by atoms with Gasteiger partial charge in [0, 0.05) is 28.8 Å². The Morgan fingerprint density at radius 1 is 1.03 bits per heavy atom. The van der Waals surface area contributed by atoms with Crippen molar-refractivity contribution in [1.29, 1.82) is 0 Å². The number of nitrogens with zero attached hydrogens (tertiary/aromatic N) is 1. The van der Waals surface area contributed by atoms with Crippen molar-refractivity contribution in [2.24, 2.45) is 0 Å². The van der Waals surface area contributed by atoms with Gasteiger partial charge in [-0.3, -0.25) is 0 Å². The van der Waals surface area contributed by atoms with Crippen molar-refractivity contribution in [1.82, 2.24) is 4.98 Å². The van der Waals surface area contributed by atoms with Crippen LogP contribution in [-0.2, 0) is 14.6 Å². The summed E-state index contributed by atoms with van der Waals surface area (Å²) >= 11 is 11.8. The molecule has 3 aromatic rings. The summed E-state index contributed by atoms with van der Waals surface area (Å²) in [6.45, 7) is 1.13. The predicted molar refractivity (Wildman–Crippen MR) is 111 cm³/mol. The first kappa shape index (κ1) is 20.2. The van der Waals surface area contributed by atoms with Crippen molar-refractivity contribution in [2.75, 3.05) is 18.5 Å². The molecule has 0 bridgehead atoms. The van der Waals surface area contributed by atoms with Gasteiger partial charge < -0.3 is 14.5 Å². The molecule has 0 saturated carbocycles. The largest absolute Gasteiger partial charge is 0.419 e. The molecule has 9 heteroatoms. The Morgan fingerprint density at radius 2 is 1.69 bits per heavy atom. The van der Waals surface area contributed by atoms with E-state index in [9.17, 15) is 8.42 Å². The van der Waals surface area contributed by atoms with E-state index in [1.165, 1.54) is 24.3 Å². The van der Waals surface area contributed by atoms with Gasteiger partial charge in [-0.05, 0) is 61.4 Å². The summed E-state index contributed by atoms with van der Waals surface area (Å²) in [5.74, 6) is 0.268. The van der Waals surface area contributed by atoms with Crippen molar-refractivity contribution in [2.45, 2.75) is 28.9 Å². The molecule has 0 spiro atoms. The zero-order valence-corrected chi connectivity index (χ0v) is 17.6. The molecule has 0 amide bonds. The number of benzene rings is 2. The monoisotopic (exact) mass is 452 g/mol. The van der Waals surface area contributed by atoms with Crippen LogP contribution in [-0.4, -0.2) is 32.7 Å². The maximum atomic E-state index is 13.2. The van der Waals surface area contributed by atoms with Crippen molar-refractivity contribution in [3.63, 3.8) is 0 Å². The van der Waals surface area contributed by atoms with Crippen LogP contribution in [0.3, 0.4) is 0 Å². The lowest BCUT2D eigenvalue weighted by Crippen LogP contribution is -2.19. The molecule has 1 atom stereocenters. The molecular formula is C20H18Cl2N2O4S. The Hall–Kier alpha value is -2.06. The third kappa shape index (κ3) is 4.43. The van der Waals surface area contributed by atoms with Gasteiger partial charge >= 0.3 is 0 Å². The molecule has 6 nitrogen and oxygen atoms in total. The summed E-state index contributed by atoms with van der Waals surface area (Å²) in [5, 5.41) is 3.89. The van der Waals surface area contributed by atoms with E-state index in [0.717, 1.165) is 12.8 Å². The fraction of sp³-hybridized carbons (Fsp3) is 0.250. The topological polar surface area (TPSA) is 81.4 Å². The fourth-order valence-corrected chi connectivity index (χ4v) is 4.58. The number of anilines is 1. The van der Waals surface area contributed by atoms with E-state index in [2.05, 4.69) is 10.3 Å². The summed E-state index contributed by atoms with van der Waals surface area (Å²) in [4.78, 5) is 4.37. The molecule has 1 fully saturated rings. The smallest absolute Gasteiger partial charge is 0.233 e. The zero-order chi connectivity index (χ0) is 20.4. The Morgan fingerprint density at radius 3 is 2.31 bits per heavy atom. The Bertz CT molecular complexity index is 1090. The van der Waals surface area contributed by atoms with E-state index in [-0.39, 0.29) is 27.8 Å². The Labute approximate surface area is 178 Å². The second kappa shape index (κ2) is 8.36. The maximum Gasteiger partial charge on any atom is 0.233 e. The van der Waals surface area contributed by atoms with E-state index >= 15 is 0 Å². The summed E-state index contributed by atoms with van der Waals surface area (Å²) in [6, 6.07) is 12.7. The third-order valence-corrected chi connectivity index (χ3v) is 6.76. The van der Waals surface area contributed by atoms with Crippen LogP contribution in [0.15, 0.2) is 62.9 Å². The summed E-state index contributed by atoms with van der Waals surface area (Å²) in [6.07, 6.45) is 1.89. The molecular weight excluding hydrogens is 435 g/mol. The minimum absolute atomic E-state index is 0.00479. The molecule has 1 saturated heterocycles. The van der Waals surface area contributed by atoms with Gasteiger partial charge in [-0.15, -0.1) is 0 Å². The number of sulfone groups is 1. The molecule has 0 aliphatic carbocycles. The number of aromatic nitrogens is 1. The quantitative estimate of drug-likeness (QED) is 0.561. The Kier molecular flexibility index (Phi) is 5.83. The number of hydrogen-bond acceptors (Lipinski definition) is 6. The highest BCUT2D eigenvalue weighted by atomic mass is 35.5. The van der Waals surface area contributed by atoms with Crippen LogP contribution in [0.1, 0.15) is 12.8 Å². The Balaban J connectivity index is 1.73. The average molecular weight is 453 g/mol. The second-order valence-electron chi connectivity index (χ2n) is 6.63. The second-order valence-corrected chi connectivity index (χ2v) is 9.37. The number of hydrogen-bond donors (Lipinski definition) is 1. The lowest BCUT2D eigenvalue weighted by atomic mass is 10.2. The van der Waals surface area contributed by atoms with Gasteiger partial charge in [0.1, 0.15) is 0 Å². The first-order valence-electron chi connectivity index (χ1n) is 9.06. The van der Waals surface area contributed by atoms with Crippen LogP contribution in [0.4, 0.5) is 5.88 Å². The van der Waals surface area contributed by atoms with Crippen LogP contribution < -0.4 is 5.32 Å². The lowest BCUT2D eigenvalue weighted by molar-refractivity contribution is 0.120. The molecule has 1 unspecified atom stereocenters. The maximum absolute atomic E-state index is 13.2. The van der Waals surface area contributed by atoms with Gasteiger partial charge in [0.15, 0.2) is 0 Å². The van der Waals surface area contributed by atoms with Gasteiger partial charge in [-0.25, -0.2) is 8.42 Å². The highest BCUT2D eigenvalue weighted by molar-refractivity contribution is 7.91. The first-order valence-corrected chi connectivity index (χ1v) is 11.3. The molecule has 2 aromatic carbocycles. The van der Waals surface area contributed by atoms with Crippen molar-refractivity contribution < 1.29 is 17.6 Å². The number of halogens is 2. The lowest BCUT2D eigenvalue weighted by Gasteiger charge is -2.10. The standard InChI is InChI=1S/C20H18Cl2N2O4S/c21-14-5-3-13(4-6-14)18-24-20(19(28-18)23-12-16-2-1-11-27-16)29(25,26)17-9-7-15(22)8-10-17/h3-10,16,23H,1-2,11-12H2. The normalized spacial score (nSPS) is 16.8. The van der Waals surface area contributed by atoms with E-state index in [4.69, 9.17) is 32.4 Å². The van der Waals surface area contributed by atoms with Crippen LogP contribution >= 0.6 is 23.2 Å². The van der Waals surface area contributed by atoms with Gasteiger partial charge in [0.25, 0.3) is 0 Å². The van der Waals surface area contributed by atoms with Crippen LogP contribution in [0.2, 0.25) is 10.0 Å². The third-order valence-electron chi connectivity index (χ3n) is 4.58. The number of ether oxygens (including phenoxy) is 1. The molecule has 152 valence electrons. The van der Waals surface area contributed by atoms with E-state index < -0.39 is 9.84 Å². The van der Waals surface area contributed by atoms with Gasteiger partial charge in [-0.2, -0.15) is 4.98 Å². The van der Waals surface area contributed by atoms with Gasteiger partial charge in [0.05, 0.1) is 11.0 Å². The highest BCUT2D eigenvalue weighted by Crippen LogP contribution is 2.33. The number of rotatable bonds is 6. The van der Waals surface area contributed by atoms with Crippen LogP contribution in [0.25, 0.3) is 11.5 Å². The summed E-state index contributed by atoms with van der Waals surface area (Å²) < 4.78 is 37.8. The van der Waals surface area contributed by atoms with Crippen LogP contribution in [0, 0.1) is 0 Å². The molecule has 4 rings (SSSR count). The molecule has 1 aliphatic rings. The minimum Gasteiger partial charge on any atom is -0.419 e. The van der Waals surface area contributed by atoms with Crippen molar-refractivity contribution >= 4 is 38.9 Å². The zero-order valence-electron chi connectivity index (χ0n) is 15.3. The van der Waals surface area contributed by atoms with E-state index in [1.54, 1.807) is 24.3 Å². The molecule has 29 heavy (non-hydrogen) atoms. The first-order chi connectivity index (χ1) is 13.9. The summed E-state index contributed by atoms with van der Waals surface area (Å²) in [7, 11) is -3.92.